The molecule has 0 rings (SSSR count). The van der Waals surface area contributed by atoms with Crippen molar-refractivity contribution in [2.45, 2.75) is 13.0 Å². The Hall–Kier alpha value is -1.33. The summed E-state index contributed by atoms with van der Waals surface area (Å²) in [4.78, 5) is 12.5. The summed E-state index contributed by atoms with van der Waals surface area (Å²) in [5, 5.41) is 14.7. The zero-order valence-corrected chi connectivity index (χ0v) is 5.42. The summed E-state index contributed by atoms with van der Waals surface area (Å²) in [6.07, 6.45) is 0.334. The van der Waals surface area contributed by atoms with Gasteiger partial charge in [0.25, 0.3) is 0 Å². The molecule has 62 valence electrons. The largest absolute Gasteiger partial charge is 0.477 e. The Kier molecular flexibility index (Phi) is 3.94. The molecule has 0 aliphatic rings. The van der Waals surface area contributed by atoms with E-state index in [-0.39, 0.29) is 6.42 Å². The second-order valence-electron chi connectivity index (χ2n) is 1.60. The van der Waals surface area contributed by atoms with Gasteiger partial charge in [-0.2, -0.15) is 8.78 Å². The Morgan fingerprint density at radius 3 is 2.64 bits per heavy atom. The fraction of sp³-hybridized carbons (Fsp3) is 0.400. The number of halogens is 2. The lowest BCUT2D eigenvalue weighted by Gasteiger charge is -1.90. The number of rotatable bonds is 4. The minimum atomic E-state index is -2.84. The molecule has 0 heterocycles. The zero-order chi connectivity index (χ0) is 8.85. The standard InChI is InChI=1S/C5H6F2N2O2/c6-5(7)9-2-1-3(8)4(10)11/h2,5,8H,1H2,(H,10,11). The summed E-state index contributed by atoms with van der Waals surface area (Å²) < 4.78 is 22.5. The van der Waals surface area contributed by atoms with E-state index in [1.807, 2.05) is 0 Å². The van der Waals surface area contributed by atoms with Gasteiger partial charge >= 0.3 is 12.5 Å². The number of aliphatic imine (C=N–C) groups is 1. The maximum Gasteiger partial charge on any atom is 0.349 e. The van der Waals surface area contributed by atoms with Crippen LogP contribution in [-0.4, -0.2) is 29.6 Å². The van der Waals surface area contributed by atoms with Crippen molar-refractivity contribution >= 4 is 17.9 Å². The molecule has 0 radical (unpaired) electrons. The van der Waals surface area contributed by atoms with Crippen LogP contribution in [0.25, 0.3) is 0 Å². The van der Waals surface area contributed by atoms with E-state index in [4.69, 9.17) is 10.5 Å². The first-order valence-electron chi connectivity index (χ1n) is 2.64. The number of carbonyl (C=O) groups is 1. The quantitative estimate of drug-likeness (QED) is 0.475. The third kappa shape index (κ3) is 5.13. The van der Waals surface area contributed by atoms with Crippen molar-refractivity contribution in [2.24, 2.45) is 4.99 Å². The van der Waals surface area contributed by atoms with Crippen LogP contribution in [0.5, 0.6) is 0 Å². The van der Waals surface area contributed by atoms with Gasteiger partial charge in [0.1, 0.15) is 5.71 Å². The van der Waals surface area contributed by atoms with Crippen LogP contribution in [0.4, 0.5) is 8.78 Å². The molecule has 4 nitrogen and oxygen atoms in total. The molecule has 0 saturated heterocycles. The van der Waals surface area contributed by atoms with Crippen LogP contribution in [0.2, 0.25) is 0 Å². The van der Waals surface area contributed by atoms with Gasteiger partial charge in [0, 0.05) is 12.6 Å². The topological polar surface area (TPSA) is 73.5 Å². The van der Waals surface area contributed by atoms with Gasteiger partial charge in [-0.05, 0) is 0 Å². The van der Waals surface area contributed by atoms with E-state index in [9.17, 15) is 13.6 Å². The van der Waals surface area contributed by atoms with Crippen LogP contribution in [-0.2, 0) is 4.79 Å². The molecule has 0 aliphatic heterocycles. The molecular formula is C5H6F2N2O2. The van der Waals surface area contributed by atoms with Crippen LogP contribution in [0.15, 0.2) is 4.99 Å². The van der Waals surface area contributed by atoms with E-state index in [1.165, 1.54) is 0 Å². The molecule has 0 atom stereocenters. The highest BCUT2D eigenvalue weighted by atomic mass is 19.3. The molecule has 0 aromatic heterocycles. The monoisotopic (exact) mass is 164 g/mol. The van der Waals surface area contributed by atoms with E-state index in [1.54, 1.807) is 0 Å². The summed E-state index contributed by atoms with van der Waals surface area (Å²) in [6, 6.07) is 0. The normalized spacial score (nSPS) is 10.8. The minimum Gasteiger partial charge on any atom is -0.477 e. The van der Waals surface area contributed by atoms with Crippen LogP contribution in [0.1, 0.15) is 6.42 Å². The first kappa shape index (κ1) is 9.67. The van der Waals surface area contributed by atoms with Crippen molar-refractivity contribution in [1.29, 1.82) is 5.41 Å². The first-order chi connectivity index (χ1) is 5.04. The summed E-state index contributed by atoms with van der Waals surface area (Å²) in [5.41, 5.74) is -0.658. The molecule has 11 heavy (non-hydrogen) atoms. The molecule has 0 aliphatic carbocycles. The number of carboxylic acid groups (broad SMARTS) is 1. The number of nitrogens with zero attached hydrogens (tertiary/aromatic N) is 1. The summed E-state index contributed by atoms with van der Waals surface area (Å²) in [5.74, 6) is -1.43. The predicted octanol–water partition coefficient (Wildman–Crippen LogP) is 0.774. The lowest BCUT2D eigenvalue weighted by molar-refractivity contribution is -0.129. The highest BCUT2D eigenvalue weighted by molar-refractivity contribution is 6.36. The molecule has 0 amide bonds. The number of hydrogen-bond acceptors (Lipinski definition) is 3. The van der Waals surface area contributed by atoms with Gasteiger partial charge < -0.3 is 5.11 Å². The predicted molar refractivity (Wildman–Crippen MR) is 34.5 cm³/mol. The number of alkyl halides is 2. The summed E-state index contributed by atoms with van der Waals surface area (Å²) >= 11 is 0. The Balaban J connectivity index is 3.71. The average Bonchev–Trinajstić information content (AvgIpc) is 1.86. The summed E-state index contributed by atoms with van der Waals surface area (Å²) in [6.45, 7) is -2.84. The molecule has 2 N–H and O–H groups in total. The van der Waals surface area contributed by atoms with E-state index in [0.29, 0.717) is 6.21 Å². The smallest absolute Gasteiger partial charge is 0.349 e. The average molecular weight is 164 g/mol. The van der Waals surface area contributed by atoms with E-state index < -0.39 is 18.2 Å². The van der Waals surface area contributed by atoms with Crippen LogP contribution in [0, 0.1) is 5.41 Å². The van der Waals surface area contributed by atoms with Crippen molar-refractivity contribution in [3.8, 4) is 0 Å². The van der Waals surface area contributed by atoms with Gasteiger partial charge in [0.15, 0.2) is 0 Å². The first-order valence-corrected chi connectivity index (χ1v) is 2.64. The third-order valence-corrected chi connectivity index (χ3v) is 0.772. The van der Waals surface area contributed by atoms with Gasteiger partial charge in [-0.1, -0.05) is 0 Å². The minimum absolute atomic E-state index is 0.375. The lowest BCUT2D eigenvalue weighted by Crippen LogP contribution is -2.11. The van der Waals surface area contributed by atoms with Crippen molar-refractivity contribution < 1.29 is 18.7 Å². The number of hydrogen-bond donors (Lipinski definition) is 2. The van der Waals surface area contributed by atoms with Gasteiger partial charge in [-0.25, -0.2) is 9.79 Å². The van der Waals surface area contributed by atoms with Crippen molar-refractivity contribution in [3.63, 3.8) is 0 Å². The molecular weight excluding hydrogens is 158 g/mol. The number of nitrogens with one attached hydrogen (secondary N) is 1. The zero-order valence-electron chi connectivity index (χ0n) is 5.42. The number of carboxylic acids is 1. The highest BCUT2D eigenvalue weighted by Gasteiger charge is 2.03. The van der Waals surface area contributed by atoms with Crippen molar-refractivity contribution in [1.82, 2.24) is 0 Å². The van der Waals surface area contributed by atoms with Crippen LogP contribution in [0.3, 0.4) is 0 Å². The fourth-order valence-electron chi connectivity index (χ4n) is 0.311. The van der Waals surface area contributed by atoms with Gasteiger partial charge in [0.05, 0.1) is 0 Å². The number of aliphatic carboxylic acids is 1. The second-order valence-corrected chi connectivity index (χ2v) is 1.60. The van der Waals surface area contributed by atoms with Gasteiger partial charge in [-0.3, -0.25) is 5.41 Å². The van der Waals surface area contributed by atoms with E-state index >= 15 is 0 Å². The van der Waals surface area contributed by atoms with Crippen LogP contribution >= 0.6 is 0 Å². The fourth-order valence-corrected chi connectivity index (χ4v) is 0.311. The second kappa shape index (κ2) is 4.48. The molecule has 0 fully saturated rings. The Morgan fingerprint density at radius 2 is 2.27 bits per heavy atom. The lowest BCUT2D eigenvalue weighted by atomic mass is 10.3. The van der Waals surface area contributed by atoms with Gasteiger partial charge in [-0.15, -0.1) is 0 Å². The van der Waals surface area contributed by atoms with Crippen molar-refractivity contribution in [3.05, 3.63) is 0 Å². The van der Waals surface area contributed by atoms with E-state index in [2.05, 4.69) is 4.99 Å². The van der Waals surface area contributed by atoms with Crippen molar-refractivity contribution in [2.75, 3.05) is 0 Å². The Labute approximate surface area is 61.1 Å². The maximum atomic E-state index is 11.3. The SMILES string of the molecule is N=C(CC=NC(F)F)C(=O)O. The molecule has 0 aromatic rings. The highest BCUT2D eigenvalue weighted by Crippen LogP contribution is 1.92. The molecule has 0 saturated carbocycles. The van der Waals surface area contributed by atoms with Crippen LogP contribution < -0.4 is 0 Å². The Bertz CT molecular complexity index is 191. The molecule has 0 aromatic carbocycles. The third-order valence-electron chi connectivity index (χ3n) is 0.772. The summed E-state index contributed by atoms with van der Waals surface area (Å²) in [7, 11) is 0. The molecule has 0 spiro atoms. The maximum absolute atomic E-state index is 11.3. The molecule has 0 unspecified atom stereocenters. The Morgan fingerprint density at radius 1 is 1.73 bits per heavy atom. The van der Waals surface area contributed by atoms with E-state index in [0.717, 1.165) is 0 Å². The van der Waals surface area contributed by atoms with Gasteiger partial charge in [0.2, 0.25) is 0 Å². The molecule has 6 heteroatoms. The molecule has 0 bridgehead atoms.